The zero-order valence-corrected chi connectivity index (χ0v) is 26.2. The summed E-state index contributed by atoms with van der Waals surface area (Å²) in [5, 5.41) is 14.9. The van der Waals surface area contributed by atoms with E-state index in [0.29, 0.717) is 42.5 Å². The van der Waals surface area contributed by atoms with Gasteiger partial charge in [0.2, 0.25) is 5.82 Å². The number of carboxylic acids is 1. The highest BCUT2D eigenvalue weighted by molar-refractivity contribution is 9.11. The molecule has 0 aliphatic heterocycles. The highest BCUT2D eigenvalue weighted by Gasteiger charge is 2.17. The highest BCUT2D eigenvalue weighted by atomic mass is 79.9. The Bertz CT molecular complexity index is 2060. The number of para-hydroxylation sites is 1. The lowest BCUT2D eigenvalue weighted by molar-refractivity contribution is 0.0697. The summed E-state index contributed by atoms with van der Waals surface area (Å²) in [6, 6.07) is 24.7. The molecule has 6 aromatic rings. The molecule has 208 valence electrons. The van der Waals surface area contributed by atoms with E-state index in [1.54, 1.807) is 36.5 Å². The van der Waals surface area contributed by atoms with Gasteiger partial charge in [0.1, 0.15) is 17.9 Å². The van der Waals surface area contributed by atoms with Crippen LogP contribution in [-0.4, -0.2) is 27.0 Å². The van der Waals surface area contributed by atoms with Gasteiger partial charge in [-0.3, -0.25) is 4.79 Å². The number of carboxylic acid groups (broad SMARTS) is 1. The lowest BCUT2D eigenvalue weighted by atomic mass is 10.1. The first-order valence-corrected chi connectivity index (χ1v) is 14.8. The summed E-state index contributed by atoms with van der Waals surface area (Å²) in [6.07, 6.45) is 1.56. The molecule has 42 heavy (non-hydrogen) atoms. The predicted octanol–water partition coefficient (Wildman–Crippen LogP) is 8.26. The smallest absolute Gasteiger partial charge is 0.335 e. The second kappa shape index (κ2) is 11.7. The number of aromatic carboxylic acids is 1. The van der Waals surface area contributed by atoms with Crippen molar-refractivity contribution in [1.82, 2.24) is 9.66 Å². The van der Waals surface area contributed by atoms with E-state index in [-0.39, 0.29) is 23.6 Å². The first kappa shape index (κ1) is 28.1. The fraction of sp³-hybridized carbons (Fsp3) is 0.0323. The zero-order chi connectivity index (χ0) is 29.4. The minimum atomic E-state index is -0.982. The topological polar surface area (TPSA) is 107 Å². The van der Waals surface area contributed by atoms with E-state index >= 15 is 0 Å². The molecule has 0 amide bonds. The molecule has 6 rings (SSSR count). The Balaban J connectivity index is 1.34. The van der Waals surface area contributed by atoms with Gasteiger partial charge in [-0.25, -0.2) is 9.78 Å². The summed E-state index contributed by atoms with van der Waals surface area (Å²) < 4.78 is 15.5. The van der Waals surface area contributed by atoms with Crippen molar-refractivity contribution in [2.75, 3.05) is 0 Å². The molecular formula is C31H18Br3N3O5. The van der Waals surface area contributed by atoms with Crippen LogP contribution in [-0.2, 0) is 6.61 Å². The third kappa shape index (κ3) is 5.67. The van der Waals surface area contributed by atoms with Crippen molar-refractivity contribution < 1.29 is 19.1 Å². The Morgan fingerprint density at radius 3 is 2.45 bits per heavy atom. The summed E-state index contributed by atoms with van der Waals surface area (Å²) in [5.41, 5.74) is 2.58. The Kier molecular flexibility index (Phi) is 7.80. The number of benzene rings is 4. The van der Waals surface area contributed by atoms with Gasteiger partial charge in [-0.1, -0.05) is 40.2 Å². The van der Waals surface area contributed by atoms with Crippen molar-refractivity contribution in [3.63, 3.8) is 0 Å². The monoisotopic (exact) mass is 749 g/mol. The highest BCUT2D eigenvalue weighted by Crippen LogP contribution is 2.35. The normalized spacial score (nSPS) is 11.5. The van der Waals surface area contributed by atoms with Crippen molar-refractivity contribution in [1.29, 1.82) is 0 Å². The van der Waals surface area contributed by atoms with Gasteiger partial charge in [-0.05, 0) is 104 Å². The molecule has 0 aliphatic rings. The van der Waals surface area contributed by atoms with Gasteiger partial charge in [0.25, 0.3) is 5.56 Å². The second-order valence-corrected chi connectivity index (χ2v) is 11.8. The number of nitrogens with zero attached hydrogens (tertiary/aromatic N) is 3. The van der Waals surface area contributed by atoms with Crippen LogP contribution in [0, 0.1) is 0 Å². The third-order valence-electron chi connectivity index (χ3n) is 6.38. The van der Waals surface area contributed by atoms with E-state index in [1.807, 2.05) is 42.5 Å². The summed E-state index contributed by atoms with van der Waals surface area (Å²) in [5.74, 6) is 0.262. The van der Waals surface area contributed by atoms with Crippen LogP contribution >= 0.6 is 47.8 Å². The average molecular weight is 752 g/mol. The van der Waals surface area contributed by atoms with Crippen LogP contribution in [0.3, 0.4) is 0 Å². The lowest BCUT2D eigenvalue weighted by Gasteiger charge is -2.12. The number of carbonyl (C=O) groups is 1. The van der Waals surface area contributed by atoms with Crippen LogP contribution < -0.4 is 10.3 Å². The Labute approximate surface area is 263 Å². The van der Waals surface area contributed by atoms with Gasteiger partial charge in [-0.15, -0.1) is 0 Å². The predicted molar refractivity (Wildman–Crippen MR) is 171 cm³/mol. The van der Waals surface area contributed by atoms with E-state index in [2.05, 4.69) is 52.9 Å². The SMILES string of the molecule is O=C(O)c1ccc(COc2c(Br)cc(C=Nn3c(-c4cc5cc(Br)ccc5o4)nc4ccccc4c3=O)cc2Br)cc1. The van der Waals surface area contributed by atoms with Crippen molar-refractivity contribution >= 4 is 81.8 Å². The number of halogens is 3. The van der Waals surface area contributed by atoms with E-state index in [9.17, 15) is 9.59 Å². The summed E-state index contributed by atoms with van der Waals surface area (Å²) in [7, 11) is 0. The Morgan fingerprint density at radius 2 is 1.71 bits per heavy atom. The van der Waals surface area contributed by atoms with Crippen LogP contribution in [0.1, 0.15) is 21.5 Å². The van der Waals surface area contributed by atoms with Crippen molar-refractivity contribution in [2.45, 2.75) is 6.61 Å². The molecule has 0 atom stereocenters. The molecule has 8 nitrogen and oxygen atoms in total. The standard InChI is InChI=1S/C31H18Br3N3O5/c32-21-9-10-26-20(13-21)14-27(42-26)29-36-25-4-2-1-3-22(25)30(38)37(29)35-15-18-11-23(33)28(24(34)12-18)41-16-17-5-7-19(8-6-17)31(39)40/h1-15H,16H2,(H,39,40). The molecule has 2 heterocycles. The maximum atomic E-state index is 13.6. The third-order valence-corrected chi connectivity index (χ3v) is 8.05. The minimum Gasteiger partial charge on any atom is -0.487 e. The van der Waals surface area contributed by atoms with Gasteiger partial charge in [0.05, 0.1) is 31.6 Å². The first-order valence-electron chi connectivity index (χ1n) is 12.5. The minimum absolute atomic E-state index is 0.210. The van der Waals surface area contributed by atoms with Crippen LogP contribution in [0.4, 0.5) is 0 Å². The molecule has 0 fully saturated rings. The van der Waals surface area contributed by atoms with Gasteiger partial charge < -0.3 is 14.3 Å². The molecule has 0 unspecified atom stereocenters. The Morgan fingerprint density at radius 1 is 0.976 bits per heavy atom. The molecule has 2 aromatic heterocycles. The number of hydrogen-bond acceptors (Lipinski definition) is 6. The number of aromatic nitrogens is 2. The lowest BCUT2D eigenvalue weighted by Crippen LogP contribution is -2.20. The quantitative estimate of drug-likeness (QED) is 0.165. The summed E-state index contributed by atoms with van der Waals surface area (Å²) >= 11 is 10.6. The molecule has 0 aliphatic carbocycles. The molecule has 4 aromatic carbocycles. The summed E-state index contributed by atoms with van der Waals surface area (Å²) in [4.78, 5) is 29.4. The largest absolute Gasteiger partial charge is 0.487 e. The molecule has 0 bridgehead atoms. The fourth-order valence-corrected chi connectivity index (χ4v) is 6.16. The molecule has 0 spiro atoms. The van der Waals surface area contributed by atoms with Crippen LogP contribution in [0.15, 0.2) is 113 Å². The number of hydrogen-bond donors (Lipinski definition) is 1. The van der Waals surface area contributed by atoms with E-state index in [0.717, 1.165) is 15.4 Å². The molecule has 1 N–H and O–H groups in total. The van der Waals surface area contributed by atoms with Crippen LogP contribution in [0.25, 0.3) is 33.5 Å². The average Bonchev–Trinajstić information content (AvgIpc) is 3.39. The van der Waals surface area contributed by atoms with Gasteiger partial charge in [0, 0.05) is 9.86 Å². The van der Waals surface area contributed by atoms with Gasteiger partial charge in [-0.2, -0.15) is 9.78 Å². The fourth-order valence-electron chi connectivity index (χ4n) is 4.33. The number of ether oxygens (including phenoxy) is 1. The maximum Gasteiger partial charge on any atom is 0.335 e. The van der Waals surface area contributed by atoms with Gasteiger partial charge in [0.15, 0.2) is 5.76 Å². The molecule has 0 radical (unpaired) electrons. The zero-order valence-electron chi connectivity index (χ0n) is 21.4. The molecule has 11 heteroatoms. The number of fused-ring (bicyclic) bond motifs is 2. The van der Waals surface area contributed by atoms with E-state index in [1.165, 1.54) is 16.8 Å². The van der Waals surface area contributed by atoms with E-state index < -0.39 is 5.97 Å². The van der Waals surface area contributed by atoms with Crippen molar-refractivity contribution in [3.8, 4) is 17.3 Å². The van der Waals surface area contributed by atoms with E-state index in [4.69, 9.17) is 19.2 Å². The maximum absolute atomic E-state index is 13.6. The van der Waals surface area contributed by atoms with Crippen molar-refractivity contribution in [3.05, 3.63) is 125 Å². The second-order valence-electron chi connectivity index (χ2n) is 9.21. The Hall–Kier alpha value is -4.06. The molecule has 0 saturated heterocycles. The van der Waals surface area contributed by atoms with Crippen LogP contribution in [0.2, 0.25) is 0 Å². The first-order chi connectivity index (χ1) is 20.3. The molecule has 0 saturated carbocycles. The van der Waals surface area contributed by atoms with Crippen LogP contribution in [0.5, 0.6) is 5.75 Å². The summed E-state index contributed by atoms with van der Waals surface area (Å²) in [6.45, 7) is 0.236. The number of furan rings is 1. The van der Waals surface area contributed by atoms with Gasteiger partial charge >= 0.3 is 5.97 Å². The molecular weight excluding hydrogens is 734 g/mol. The number of rotatable bonds is 7. The van der Waals surface area contributed by atoms with Crippen molar-refractivity contribution in [2.24, 2.45) is 5.10 Å².